The first-order valence-corrected chi connectivity index (χ1v) is 11.8. The van der Waals surface area contributed by atoms with E-state index in [4.69, 9.17) is 11.6 Å². The number of carbonyl (C=O) groups excluding carboxylic acids is 1. The Kier molecular flexibility index (Phi) is 7.48. The van der Waals surface area contributed by atoms with E-state index in [0.717, 1.165) is 9.87 Å². The van der Waals surface area contributed by atoms with Crippen LogP contribution in [0.25, 0.3) is 0 Å². The molecule has 31 heavy (non-hydrogen) atoms. The second-order valence-electron chi connectivity index (χ2n) is 6.54. The Balaban J connectivity index is 1.86. The lowest BCUT2D eigenvalue weighted by Crippen LogP contribution is -2.39. The Hall–Kier alpha value is -2.68. The molecule has 0 bridgehead atoms. The van der Waals surface area contributed by atoms with E-state index in [-0.39, 0.29) is 4.90 Å². The molecule has 1 N–H and O–H groups in total. The Morgan fingerprint density at radius 2 is 1.71 bits per heavy atom. The maximum Gasteiger partial charge on any atom is 0.264 e. The fraction of sp³-hybridized carbons (Fsp3) is 0.0909. The van der Waals surface area contributed by atoms with E-state index in [1.165, 1.54) is 12.1 Å². The average Bonchev–Trinajstić information content (AvgIpc) is 2.76. The van der Waals surface area contributed by atoms with Crippen LogP contribution in [0.1, 0.15) is 12.5 Å². The minimum Gasteiger partial charge on any atom is -0.271 e. The summed E-state index contributed by atoms with van der Waals surface area (Å²) in [5, 5.41) is 4.68. The van der Waals surface area contributed by atoms with E-state index in [1.807, 2.05) is 0 Å². The number of carbonyl (C=O) groups is 1. The van der Waals surface area contributed by atoms with Crippen molar-refractivity contribution >= 4 is 54.9 Å². The maximum atomic E-state index is 13.3. The van der Waals surface area contributed by atoms with Crippen LogP contribution in [0.2, 0.25) is 5.02 Å². The zero-order chi connectivity index (χ0) is 22.4. The Morgan fingerprint density at radius 1 is 1.03 bits per heavy atom. The van der Waals surface area contributed by atoms with E-state index in [1.54, 1.807) is 73.7 Å². The van der Waals surface area contributed by atoms with Crippen molar-refractivity contribution < 1.29 is 13.2 Å². The van der Waals surface area contributed by atoms with Gasteiger partial charge in [-0.2, -0.15) is 5.10 Å². The minimum atomic E-state index is -3.97. The van der Waals surface area contributed by atoms with Crippen LogP contribution in [0.15, 0.2) is 93.3 Å². The van der Waals surface area contributed by atoms with Crippen molar-refractivity contribution in [3.8, 4) is 0 Å². The normalized spacial score (nSPS) is 11.8. The van der Waals surface area contributed by atoms with Gasteiger partial charge in [0.05, 0.1) is 16.3 Å². The zero-order valence-corrected chi connectivity index (χ0v) is 19.7. The number of nitrogens with one attached hydrogen (secondary N) is 1. The largest absolute Gasteiger partial charge is 0.271 e. The van der Waals surface area contributed by atoms with Gasteiger partial charge in [-0.05, 0) is 55.0 Å². The lowest BCUT2D eigenvalue weighted by atomic mass is 10.1. The molecule has 0 aliphatic carbocycles. The van der Waals surface area contributed by atoms with Crippen LogP contribution in [-0.4, -0.2) is 26.6 Å². The second-order valence-corrected chi connectivity index (χ2v) is 9.76. The van der Waals surface area contributed by atoms with Crippen molar-refractivity contribution in [3.05, 3.63) is 93.9 Å². The SMILES string of the molecule is C/C(=N/NC(=O)CN(c1cccc(Br)c1)S(=O)(=O)c1ccccc1)c1ccc(Cl)cc1. The molecule has 0 aromatic heterocycles. The van der Waals surface area contributed by atoms with Gasteiger partial charge < -0.3 is 0 Å². The average molecular weight is 521 g/mol. The molecule has 0 spiro atoms. The zero-order valence-electron chi connectivity index (χ0n) is 16.5. The summed E-state index contributed by atoms with van der Waals surface area (Å²) in [7, 11) is -3.97. The fourth-order valence-corrected chi connectivity index (χ4v) is 4.68. The van der Waals surface area contributed by atoms with Crippen LogP contribution in [0.4, 0.5) is 5.69 Å². The first kappa shape index (κ1) is 23.0. The van der Waals surface area contributed by atoms with Gasteiger partial charge in [0, 0.05) is 9.50 Å². The van der Waals surface area contributed by atoms with Crippen LogP contribution >= 0.6 is 27.5 Å². The summed E-state index contributed by atoms with van der Waals surface area (Å²) in [5.74, 6) is -0.576. The first-order chi connectivity index (χ1) is 14.8. The molecule has 0 unspecified atom stereocenters. The molecule has 0 fully saturated rings. The van der Waals surface area contributed by atoms with E-state index in [0.29, 0.717) is 20.9 Å². The van der Waals surface area contributed by atoms with E-state index in [9.17, 15) is 13.2 Å². The highest BCUT2D eigenvalue weighted by Crippen LogP contribution is 2.26. The summed E-state index contributed by atoms with van der Waals surface area (Å²) in [4.78, 5) is 12.7. The third kappa shape index (κ3) is 5.94. The number of halogens is 2. The number of benzene rings is 3. The van der Waals surface area contributed by atoms with Crippen molar-refractivity contribution in [1.82, 2.24) is 5.43 Å². The van der Waals surface area contributed by atoms with Gasteiger partial charge in [0.1, 0.15) is 6.54 Å². The third-order valence-electron chi connectivity index (χ3n) is 4.32. The van der Waals surface area contributed by atoms with Crippen LogP contribution in [0, 0.1) is 0 Å². The van der Waals surface area contributed by atoms with Gasteiger partial charge in [-0.25, -0.2) is 13.8 Å². The van der Waals surface area contributed by atoms with E-state index >= 15 is 0 Å². The van der Waals surface area contributed by atoms with Crippen molar-refractivity contribution in [2.24, 2.45) is 5.10 Å². The molecule has 6 nitrogen and oxygen atoms in total. The number of hydrogen-bond acceptors (Lipinski definition) is 4. The number of amides is 1. The molecule has 3 aromatic rings. The molecule has 3 aromatic carbocycles. The third-order valence-corrected chi connectivity index (χ3v) is 6.86. The molecular weight excluding hydrogens is 502 g/mol. The predicted octanol–water partition coefficient (Wildman–Crippen LogP) is 4.84. The maximum absolute atomic E-state index is 13.3. The lowest BCUT2D eigenvalue weighted by molar-refractivity contribution is -0.119. The number of hydrazone groups is 1. The van der Waals surface area contributed by atoms with E-state index < -0.39 is 22.5 Å². The van der Waals surface area contributed by atoms with E-state index in [2.05, 4.69) is 26.5 Å². The van der Waals surface area contributed by atoms with Crippen molar-refractivity contribution in [2.45, 2.75) is 11.8 Å². The molecule has 0 aliphatic rings. The summed E-state index contributed by atoms with van der Waals surface area (Å²) >= 11 is 9.24. The molecule has 0 radical (unpaired) electrons. The standard InChI is InChI=1S/C22H19BrClN3O3S/c1-16(17-10-12-19(24)13-11-17)25-26-22(28)15-27(20-7-5-6-18(23)14-20)31(29,30)21-8-3-2-4-9-21/h2-14H,15H2,1H3,(H,26,28)/b25-16-. The Labute approximate surface area is 194 Å². The van der Waals surface area contributed by atoms with Gasteiger partial charge in [-0.15, -0.1) is 0 Å². The summed E-state index contributed by atoms with van der Waals surface area (Å²) in [6.07, 6.45) is 0. The van der Waals surface area contributed by atoms with Crippen LogP contribution < -0.4 is 9.73 Å². The van der Waals surface area contributed by atoms with Crippen LogP contribution in [-0.2, 0) is 14.8 Å². The van der Waals surface area contributed by atoms with Crippen molar-refractivity contribution in [2.75, 3.05) is 10.8 Å². The van der Waals surface area contributed by atoms with Gasteiger partial charge >= 0.3 is 0 Å². The highest BCUT2D eigenvalue weighted by molar-refractivity contribution is 9.10. The highest BCUT2D eigenvalue weighted by atomic mass is 79.9. The molecular formula is C22H19BrClN3O3S. The van der Waals surface area contributed by atoms with Gasteiger partial charge in [0.15, 0.2) is 0 Å². The number of rotatable bonds is 7. The second kappa shape index (κ2) is 10.1. The number of hydrogen-bond donors (Lipinski definition) is 1. The fourth-order valence-electron chi connectivity index (χ4n) is 2.73. The minimum absolute atomic E-state index is 0.0867. The van der Waals surface area contributed by atoms with Gasteiger partial charge in [-0.3, -0.25) is 9.10 Å². The molecule has 0 saturated carbocycles. The topological polar surface area (TPSA) is 78.8 Å². The molecule has 3 rings (SSSR count). The molecule has 0 heterocycles. The quantitative estimate of drug-likeness (QED) is 0.358. The van der Waals surface area contributed by atoms with Crippen molar-refractivity contribution in [3.63, 3.8) is 0 Å². The summed E-state index contributed by atoms with van der Waals surface area (Å²) in [6.45, 7) is 1.29. The van der Waals surface area contributed by atoms with Crippen LogP contribution in [0.3, 0.4) is 0 Å². The summed E-state index contributed by atoms with van der Waals surface area (Å²) < 4.78 is 28.2. The first-order valence-electron chi connectivity index (χ1n) is 9.20. The smallest absolute Gasteiger partial charge is 0.264 e. The Bertz CT molecular complexity index is 1200. The highest BCUT2D eigenvalue weighted by Gasteiger charge is 2.27. The Morgan fingerprint density at radius 3 is 2.35 bits per heavy atom. The van der Waals surface area contributed by atoms with Crippen LogP contribution in [0.5, 0.6) is 0 Å². The predicted molar refractivity (Wildman–Crippen MR) is 127 cm³/mol. The molecule has 1 amide bonds. The molecule has 0 saturated heterocycles. The summed E-state index contributed by atoms with van der Waals surface area (Å²) in [6, 6.07) is 21.7. The number of sulfonamides is 1. The van der Waals surface area contributed by atoms with Crippen molar-refractivity contribution in [1.29, 1.82) is 0 Å². The number of anilines is 1. The molecule has 9 heteroatoms. The molecule has 160 valence electrons. The molecule has 0 aliphatic heterocycles. The van der Waals surface area contributed by atoms with Gasteiger partial charge in [0.25, 0.3) is 15.9 Å². The van der Waals surface area contributed by atoms with Gasteiger partial charge in [-0.1, -0.05) is 63.9 Å². The van der Waals surface area contributed by atoms with Gasteiger partial charge in [0.2, 0.25) is 0 Å². The summed E-state index contributed by atoms with van der Waals surface area (Å²) in [5.41, 5.74) is 4.13. The molecule has 0 atom stereocenters. The monoisotopic (exact) mass is 519 g/mol. The lowest BCUT2D eigenvalue weighted by Gasteiger charge is -2.24. The number of nitrogens with zero attached hydrogens (tertiary/aromatic N) is 2.